The monoisotopic (exact) mass is 308 g/mol. The summed E-state index contributed by atoms with van der Waals surface area (Å²) >= 11 is 0. The van der Waals surface area contributed by atoms with Crippen LogP contribution in [0.2, 0.25) is 0 Å². The standard InChI is InChI=1S/C15H24N4O3/c1-6-11-12(16-10-22-11)13(20)19-8-7-18(9-15(19,2)3)14(21)17(4)5/h10H,6-9H2,1-5H3. The van der Waals surface area contributed by atoms with Gasteiger partial charge in [0.1, 0.15) is 5.76 Å². The second-order valence-corrected chi connectivity index (χ2v) is 6.35. The molecule has 2 rings (SSSR count). The molecular formula is C15H24N4O3. The second kappa shape index (κ2) is 5.98. The minimum Gasteiger partial charge on any atom is -0.448 e. The van der Waals surface area contributed by atoms with E-state index in [1.165, 1.54) is 6.39 Å². The summed E-state index contributed by atoms with van der Waals surface area (Å²) in [4.78, 5) is 34.0. The lowest BCUT2D eigenvalue weighted by Gasteiger charge is -2.47. The van der Waals surface area contributed by atoms with Crippen molar-refractivity contribution >= 4 is 11.9 Å². The molecule has 0 spiro atoms. The van der Waals surface area contributed by atoms with Crippen molar-refractivity contribution < 1.29 is 14.0 Å². The molecule has 0 radical (unpaired) electrons. The summed E-state index contributed by atoms with van der Waals surface area (Å²) in [6, 6.07) is -0.0316. The summed E-state index contributed by atoms with van der Waals surface area (Å²) in [5.74, 6) is 0.472. The van der Waals surface area contributed by atoms with Crippen molar-refractivity contribution in [1.29, 1.82) is 0 Å². The van der Waals surface area contributed by atoms with Gasteiger partial charge in [-0.15, -0.1) is 0 Å². The zero-order valence-electron chi connectivity index (χ0n) is 13.9. The molecule has 0 unspecified atom stereocenters. The first-order valence-corrected chi connectivity index (χ1v) is 7.48. The molecule has 0 N–H and O–H groups in total. The van der Waals surface area contributed by atoms with E-state index < -0.39 is 5.54 Å². The van der Waals surface area contributed by atoms with Crippen LogP contribution in [0.15, 0.2) is 10.8 Å². The van der Waals surface area contributed by atoms with Crippen molar-refractivity contribution in [3.63, 3.8) is 0 Å². The lowest BCUT2D eigenvalue weighted by atomic mass is 9.98. The van der Waals surface area contributed by atoms with Gasteiger partial charge in [-0.2, -0.15) is 0 Å². The van der Waals surface area contributed by atoms with E-state index in [4.69, 9.17) is 4.42 Å². The molecule has 1 aromatic heterocycles. The van der Waals surface area contributed by atoms with Crippen LogP contribution in [0.1, 0.15) is 37.0 Å². The molecule has 0 atom stereocenters. The first-order valence-electron chi connectivity index (χ1n) is 7.48. The molecule has 0 aromatic carbocycles. The van der Waals surface area contributed by atoms with Gasteiger partial charge in [0.15, 0.2) is 12.1 Å². The number of rotatable bonds is 2. The number of aryl methyl sites for hydroxylation is 1. The lowest BCUT2D eigenvalue weighted by molar-refractivity contribution is 0.0235. The van der Waals surface area contributed by atoms with E-state index in [2.05, 4.69) is 4.98 Å². The van der Waals surface area contributed by atoms with Crippen LogP contribution in [0.3, 0.4) is 0 Å². The summed E-state index contributed by atoms with van der Waals surface area (Å²) in [6.45, 7) is 7.36. The Labute approximate surface area is 130 Å². The van der Waals surface area contributed by atoms with Crippen LogP contribution < -0.4 is 0 Å². The molecule has 3 amide bonds. The number of carbonyl (C=O) groups is 2. The fourth-order valence-electron chi connectivity index (χ4n) is 2.80. The minimum atomic E-state index is -0.453. The molecule has 122 valence electrons. The van der Waals surface area contributed by atoms with Gasteiger partial charge >= 0.3 is 6.03 Å². The average Bonchev–Trinajstić information content (AvgIpc) is 2.93. The topological polar surface area (TPSA) is 69.9 Å². The quantitative estimate of drug-likeness (QED) is 0.829. The summed E-state index contributed by atoms with van der Waals surface area (Å²) in [7, 11) is 3.46. The van der Waals surface area contributed by atoms with Gasteiger partial charge in [0.2, 0.25) is 0 Å². The third kappa shape index (κ3) is 2.93. The molecule has 22 heavy (non-hydrogen) atoms. The van der Waals surface area contributed by atoms with Gasteiger partial charge in [-0.05, 0) is 13.8 Å². The number of hydrogen-bond acceptors (Lipinski definition) is 4. The SMILES string of the molecule is CCc1ocnc1C(=O)N1CCN(C(=O)N(C)C)CC1(C)C. The highest BCUT2D eigenvalue weighted by Gasteiger charge is 2.40. The van der Waals surface area contributed by atoms with Crippen molar-refractivity contribution in [3.8, 4) is 0 Å². The van der Waals surface area contributed by atoms with E-state index in [9.17, 15) is 9.59 Å². The number of hydrogen-bond donors (Lipinski definition) is 0. The minimum absolute atomic E-state index is 0.0316. The molecular weight excluding hydrogens is 284 g/mol. The normalized spacial score (nSPS) is 17.5. The van der Waals surface area contributed by atoms with Crippen LogP contribution in [0.4, 0.5) is 4.79 Å². The van der Waals surface area contributed by atoms with Crippen molar-refractivity contribution in [3.05, 3.63) is 17.8 Å². The number of amides is 3. The molecule has 0 aliphatic carbocycles. The number of carbonyl (C=O) groups excluding carboxylic acids is 2. The number of oxazole rings is 1. The van der Waals surface area contributed by atoms with E-state index in [-0.39, 0.29) is 11.9 Å². The largest absolute Gasteiger partial charge is 0.448 e. The summed E-state index contributed by atoms with van der Waals surface area (Å²) in [5, 5.41) is 0. The number of nitrogens with zero attached hydrogens (tertiary/aromatic N) is 4. The van der Waals surface area contributed by atoms with Gasteiger partial charge in [0.05, 0.1) is 5.54 Å². The van der Waals surface area contributed by atoms with E-state index in [1.807, 2.05) is 20.8 Å². The Morgan fingerprint density at radius 1 is 1.36 bits per heavy atom. The average molecular weight is 308 g/mol. The van der Waals surface area contributed by atoms with E-state index in [0.717, 1.165) is 0 Å². The van der Waals surface area contributed by atoms with Crippen molar-refractivity contribution in [1.82, 2.24) is 19.7 Å². The Hall–Kier alpha value is -2.05. The fraction of sp³-hybridized carbons (Fsp3) is 0.667. The Morgan fingerprint density at radius 2 is 2.05 bits per heavy atom. The van der Waals surface area contributed by atoms with E-state index in [0.29, 0.717) is 37.5 Å². The van der Waals surface area contributed by atoms with Crippen LogP contribution in [0.5, 0.6) is 0 Å². The van der Waals surface area contributed by atoms with Crippen LogP contribution in [0, 0.1) is 0 Å². The first-order chi connectivity index (χ1) is 10.3. The van der Waals surface area contributed by atoms with E-state index >= 15 is 0 Å². The van der Waals surface area contributed by atoms with Gasteiger partial charge in [-0.1, -0.05) is 6.92 Å². The highest BCUT2D eigenvalue weighted by Crippen LogP contribution is 2.24. The zero-order valence-corrected chi connectivity index (χ0v) is 13.9. The third-order valence-corrected chi connectivity index (χ3v) is 3.96. The van der Waals surface area contributed by atoms with Gasteiger partial charge in [-0.3, -0.25) is 4.79 Å². The fourth-order valence-corrected chi connectivity index (χ4v) is 2.80. The maximum atomic E-state index is 12.8. The molecule has 2 heterocycles. The van der Waals surface area contributed by atoms with Crippen LogP contribution in [0.25, 0.3) is 0 Å². The predicted molar refractivity (Wildman–Crippen MR) is 81.7 cm³/mol. The van der Waals surface area contributed by atoms with Gasteiger partial charge in [0.25, 0.3) is 5.91 Å². The molecule has 0 bridgehead atoms. The summed E-state index contributed by atoms with van der Waals surface area (Å²) in [6.07, 6.45) is 1.94. The Kier molecular flexibility index (Phi) is 4.44. The Bertz CT molecular complexity index is 565. The van der Waals surface area contributed by atoms with Crippen LogP contribution in [-0.2, 0) is 6.42 Å². The summed E-state index contributed by atoms with van der Waals surface area (Å²) < 4.78 is 5.25. The molecule has 1 aromatic rings. The molecule has 1 fully saturated rings. The Morgan fingerprint density at radius 3 is 2.59 bits per heavy atom. The number of piperazine rings is 1. The molecule has 1 aliphatic rings. The van der Waals surface area contributed by atoms with Crippen molar-refractivity contribution in [2.75, 3.05) is 33.7 Å². The molecule has 7 nitrogen and oxygen atoms in total. The zero-order chi connectivity index (χ0) is 16.5. The molecule has 1 aliphatic heterocycles. The Balaban J connectivity index is 2.17. The first kappa shape index (κ1) is 16.3. The number of aromatic nitrogens is 1. The van der Waals surface area contributed by atoms with Gasteiger partial charge in [-0.25, -0.2) is 9.78 Å². The highest BCUT2D eigenvalue weighted by molar-refractivity contribution is 5.94. The maximum Gasteiger partial charge on any atom is 0.319 e. The molecule has 7 heteroatoms. The van der Waals surface area contributed by atoms with Gasteiger partial charge < -0.3 is 19.1 Å². The third-order valence-electron chi connectivity index (χ3n) is 3.96. The predicted octanol–water partition coefficient (Wildman–Crippen LogP) is 1.46. The molecule has 0 saturated carbocycles. The van der Waals surface area contributed by atoms with Crippen molar-refractivity contribution in [2.24, 2.45) is 0 Å². The highest BCUT2D eigenvalue weighted by atomic mass is 16.3. The van der Waals surface area contributed by atoms with Crippen LogP contribution in [-0.4, -0.2) is 70.9 Å². The van der Waals surface area contributed by atoms with E-state index in [1.54, 1.807) is 28.8 Å². The smallest absolute Gasteiger partial charge is 0.319 e. The van der Waals surface area contributed by atoms with Crippen LogP contribution >= 0.6 is 0 Å². The molecule has 1 saturated heterocycles. The summed E-state index contributed by atoms with van der Waals surface area (Å²) in [5.41, 5.74) is -0.0757. The lowest BCUT2D eigenvalue weighted by Crippen LogP contribution is -2.63. The van der Waals surface area contributed by atoms with Crippen molar-refractivity contribution in [2.45, 2.75) is 32.7 Å². The maximum absolute atomic E-state index is 12.8. The van der Waals surface area contributed by atoms with Gasteiger partial charge in [0, 0.05) is 40.2 Å². The second-order valence-electron chi connectivity index (χ2n) is 6.35. The number of urea groups is 1.